The second-order valence-electron chi connectivity index (χ2n) is 3.32. The summed E-state index contributed by atoms with van der Waals surface area (Å²) in [6.07, 6.45) is 1.02. The highest BCUT2D eigenvalue weighted by Crippen LogP contribution is 2.38. The first-order valence-electron chi connectivity index (χ1n) is 4.71. The van der Waals surface area contributed by atoms with Gasteiger partial charge >= 0.3 is 0 Å². The normalized spacial score (nSPS) is 10.3. The molecule has 0 saturated carbocycles. The van der Waals surface area contributed by atoms with Gasteiger partial charge in [-0.15, -0.1) is 11.3 Å². The van der Waals surface area contributed by atoms with Crippen LogP contribution in [-0.4, -0.2) is 11.4 Å². The van der Waals surface area contributed by atoms with Crippen molar-refractivity contribution in [3.05, 3.63) is 40.2 Å². The van der Waals surface area contributed by atoms with Gasteiger partial charge in [-0.3, -0.25) is 0 Å². The van der Waals surface area contributed by atoms with Crippen LogP contribution in [0.3, 0.4) is 0 Å². The van der Waals surface area contributed by atoms with Crippen LogP contribution in [0.2, 0.25) is 5.02 Å². The van der Waals surface area contributed by atoms with Crippen LogP contribution >= 0.6 is 22.9 Å². The lowest BCUT2D eigenvalue weighted by Crippen LogP contribution is -1.82. The first kappa shape index (κ1) is 11.2. The number of aromatic hydroxyl groups is 1. The molecule has 0 aliphatic rings. The third kappa shape index (κ3) is 2.10. The molecule has 2 nitrogen and oxygen atoms in total. The molecule has 0 unspecified atom stereocenters. The van der Waals surface area contributed by atoms with Crippen LogP contribution in [-0.2, 0) is 11.2 Å². The Labute approximate surface area is 102 Å². The smallest absolute Gasteiger partial charge is 0.137 e. The lowest BCUT2D eigenvalue weighted by atomic mass is 10.1. The van der Waals surface area contributed by atoms with E-state index in [1.54, 1.807) is 17.5 Å². The second-order valence-corrected chi connectivity index (χ2v) is 4.64. The highest BCUT2D eigenvalue weighted by molar-refractivity contribution is 7.14. The molecule has 0 radical (unpaired) electrons. The predicted octanol–water partition coefficient (Wildman–Crippen LogP) is 3.52. The van der Waals surface area contributed by atoms with Crippen molar-refractivity contribution in [3.8, 4) is 16.2 Å². The van der Waals surface area contributed by atoms with E-state index in [4.69, 9.17) is 11.6 Å². The molecule has 0 amide bonds. The molecule has 1 aromatic carbocycles. The molecule has 16 heavy (non-hydrogen) atoms. The van der Waals surface area contributed by atoms with E-state index in [-0.39, 0.29) is 12.2 Å². The van der Waals surface area contributed by atoms with E-state index in [0.29, 0.717) is 10.6 Å². The Morgan fingerprint density at radius 3 is 2.94 bits per heavy atom. The molecule has 1 aromatic heterocycles. The topological polar surface area (TPSA) is 37.3 Å². The molecular weight excluding hydrogens is 244 g/mol. The number of halogens is 1. The van der Waals surface area contributed by atoms with Gasteiger partial charge in [0.15, 0.2) is 0 Å². The molecule has 0 bridgehead atoms. The van der Waals surface area contributed by atoms with E-state index in [0.717, 1.165) is 16.7 Å². The maximum Gasteiger partial charge on any atom is 0.137 e. The van der Waals surface area contributed by atoms with Gasteiger partial charge in [-0.2, -0.15) is 0 Å². The second kappa shape index (κ2) is 4.68. The van der Waals surface area contributed by atoms with Gasteiger partial charge in [0.1, 0.15) is 12.0 Å². The first-order chi connectivity index (χ1) is 7.72. The number of hydrogen-bond donors (Lipinski definition) is 1. The van der Waals surface area contributed by atoms with Gasteiger partial charge in [0.25, 0.3) is 0 Å². The maximum absolute atomic E-state index is 10.4. The summed E-state index contributed by atoms with van der Waals surface area (Å²) in [5.74, 6) is 0.180. The van der Waals surface area contributed by atoms with Crippen LogP contribution < -0.4 is 0 Å². The minimum atomic E-state index is 0.180. The summed E-state index contributed by atoms with van der Waals surface area (Å²) in [4.78, 5) is 11.1. The fourth-order valence-electron chi connectivity index (χ4n) is 1.46. The molecule has 1 N–H and O–H groups in total. The SMILES string of the molecule is O=CCc1csc(-c2cccc(Cl)c2)c1O. The fourth-order valence-corrected chi connectivity index (χ4v) is 2.62. The number of carbonyl (C=O) groups excluding carboxylic acids is 1. The van der Waals surface area contributed by atoms with Crippen LogP contribution in [0.4, 0.5) is 0 Å². The lowest BCUT2D eigenvalue weighted by molar-refractivity contribution is -0.107. The molecule has 4 heteroatoms. The third-order valence-electron chi connectivity index (χ3n) is 2.23. The summed E-state index contributed by atoms with van der Waals surface area (Å²) in [5.41, 5.74) is 1.53. The Morgan fingerprint density at radius 1 is 1.44 bits per heavy atom. The van der Waals surface area contributed by atoms with Crippen molar-refractivity contribution in [3.63, 3.8) is 0 Å². The van der Waals surface area contributed by atoms with Gasteiger partial charge in [0.05, 0.1) is 4.88 Å². The number of carbonyl (C=O) groups is 1. The summed E-state index contributed by atoms with van der Waals surface area (Å²) in [6, 6.07) is 7.28. The number of hydrogen-bond acceptors (Lipinski definition) is 3. The quantitative estimate of drug-likeness (QED) is 0.849. The highest BCUT2D eigenvalue weighted by Gasteiger charge is 2.11. The molecule has 1 heterocycles. The molecule has 0 atom stereocenters. The van der Waals surface area contributed by atoms with Gasteiger partial charge < -0.3 is 9.90 Å². The molecule has 0 aliphatic heterocycles. The zero-order valence-corrected chi connectivity index (χ0v) is 9.89. The third-order valence-corrected chi connectivity index (χ3v) is 3.53. The maximum atomic E-state index is 10.4. The Morgan fingerprint density at radius 2 is 2.25 bits per heavy atom. The summed E-state index contributed by atoms with van der Waals surface area (Å²) in [5, 5.41) is 12.3. The lowest BCUT2D eigenvalue weighted by Gasteiger charge is -2.00. The molecular formula is C12H9ClO2S. The Hall–Kier alpha value is -1.32. The first-order valence-corrected chi connectivity index (χ1v) is 5.97. The summed E-state index contributed by atoms with van der Waals surface area (Å²) >= 11 is 7.29. The average molecular weight is 253 g/mol. The zero-order valence-electron chi connectivity index (χ0n) is 8.31. The van der Waals surface area contributed by atoms with Crippen molar-refractivity contribution in [2.24, 2.45) is 0 Å². The van der Waals surface area contributed by atoms with Crippen molar-refractivity contribution in [2.75, 3.05) is 0 Å². The van der Waals surface area contributed by atoms with Gasteiger partial charge in [-0.25, -0.2) is 0 Å². The van der Waals surface area contributed by atoms with Crippen molar-refractivity contribution in [1.82, 2.24) is 0 Å². The Kier molecular flexibility index (Phi) is 3.27. The van der Waals surface area contributed by atoms with Gasteiger partial charge in [0, 0.05) is 17.0 Å². The number of benzene rings is 1. The van der Waals surface area contributed by atoms with Crippen molar-refractivity contribution in [2.45, 2.75) is 6.42 Å². The van der Waals surface area contributed by atoms with E-state index in [1.165, 1.54) is 11.3 Å². The molecule has 2 aromatic rings. The van der Waals surface area contributed by atoms with E-state index in [2.05, 4.69) is 0 Å². The van der Waals surface area contributed by atoms with Crippen molar-refractivity contribution < 1.29 is 9.90 Å². The Balaban J connectivity index is 2.44. The van der Waals surface area contributed by atoms with Crippen LogP contribution in [0, 0.1) is 0 Å². The number of rotatable bonds is 3. The number of aldehydes is 1. The summed E-state index contributed by atoms with van der Waals surface area (Å²) in [7, 11) is 0. The van der Waals surface area contributed by atoms with E-state index in [9.17, 15) is 9.90 Å². The number of thiophene rings is 1. The Bertz CT molecular complexity index is 519. The minimum absolute atomic E-state index is 0.180. The fraction of sp³-hybridized carbons (Fsp3) is 0.0833. The van der Waals surface area contributed by atoms with Gasteiger partial charge in [-0.1, -0.05) is 23.7 Å². The van der Waals surface area contributed by atoms with E-state index >= 15 is 0 Å². The van der Waals surface area contributed by atoms with Crippen LogP contribution in [0.25, 0.3) is 10.4 Å². The summed E-state index contributed by atoms with van der Waals surface area (Å²) < 4.78 is 0. The van der Waals surface area contributed by atoms with Crippen LogP contribution in [0.15, 0.2) is 29.6 Å². The predicted molar refractivity (Wildman–Crippen MR) is 66.2 cm³/mol. The monoisotopic (exact) mass is 252 g/mol. The van der Waals surface area contributed by atoms with Gasteiger partial charge in [0.2, 0.25) is 0 Å². The minimum Gasteiger partial charge on any atom is -0.506 e. The van der Waals surface area contributed by atoms with Crippen molar-refractivity contribution >= 4 is 29.2 Å². The van der Waals surface area contributed by atoms with Crippen LogP contribution in [0.5, 0.6) is 5.75 Å². The summed E-state index contributed by atoms with van der Waals surface area (Å²) in [6.45, 7) is 0. The largest absolute Gasteiger partial charge is 0.506 e. The zero-order chi connectivity index (χ0) is 11.5. The standard InChI is InChI=1S/C12H9ClO2S/c13-10-3-1-2-8(6-10)12-11(15)9(4-5-14)7-16-12/h1-3,5-7,15H,4H2. The molecule has 0 saturated heterocycles. The van der Waals surface area contributed by atoms with Crippen molar-refractivity contribution in [1.29, 1.82) is 0 Å². The molecule has 82 valence electrons. The molecule has 2 rings (SSSR count). The molecule has 0 fully saturated rings. The molecule has 0 spiro atoms. The molecule has 0 aliphatic carbocycles. The van der Waals surface area contributed by atoms with Gasteiger partial charge in [-0.05, 0) is 23.1 Å². The van der Waals surface area contributed by atoms with E-state index < -0.39 is 0 Å². The average Bonchev–Trinajstić information content (AvgIpc) is 2.61. The highest BCUT2D eigenvalue weighted by atomic mass is 35.5. The van der Waals surface area contributed by atoms with E-state index in [1.807, 2.05) is 12.1 Å². The van der Waals surface area contributed by atoms with Crippen LogP contribution in [0.1, 0.15) is 5.56 Å².